The summed E-state index contributed by atoms with van der Waals surface area (Å²) in [6, 6.07) is 4.26. The maximum absolute atomic E-state index is 13.1. The summed E-state index contributed by atoms with van der Waals surface area (Å²) in [5.41, 5.74) is 0.433. The standard InChI is InChI=1S/C11H11FINO2/c12-8-1-2-10(13)9(7-8)11(15)14-3-5-16-6-4-14/h1-2,7H,3-6H2. The molecular formula is C11H11FINO2. The highest BCUT2D eigenvalue weighted by atomic mass is 127. The topological polar surface area (TPSA) is 29.5 Å². The molecule has 3 nitrogen and oxygen atoms in total. The third kappa shape index (κ3) is 2.52. The van der Waals surface area contributed by atoms with Crippen LogP contribution in [0.15, 0.2) is 18.2 Å². The van der Waals surface area contributed by atoms with E-state index in [1.807, 2.05) is 22.6 Å². The monoisotopic (exact) mass is 335 g/mol. The maximum atomic E-state index is 13.1. The summed E-state index contributed by atoms with van der Waals surface area (Å²) in [6.07, 6.45) is 0. The van der Waals surface area contributed by atoms with Crippen molar-refractivity contribution in [3.8, 4) is 0 Å². The van der Waals surface area contributed by atoms with Crippen molar-refractivity contribution in [2.75, 3.05) is 26.3 Å². The molecule has 86 valence electrons. The fourth-order valence-corrected chi connectivity index (χ4v) is 2.16. The van der Waals surface area contributed by atoms with Crippen LogP contribution in [0, 0.1) is 9.39 Å². The van der Waals surface area contributed by atoms with Crippen LogP contribution >= 0.6 is 22.6 Å². The van der Waals surface area contributed by atoms with E-state index in [-0.39, 0.29) is 11.7 Å². The highest BCUT2D eigenvalue weighted by Gasteiger charge is 2.20. The van der Waals surface area contributed by atoms with Gasteiger partial charge in [0.2, 0.25) is 0 Å². The number of hydrogen-bond acceptors (Lipinski definition) is 2. The molecule has 5 heteroatoms. The molecule has 1 amide bonds. The number of ether oxygens (including phenoxy) is 1. The average molecular weight is 335 g/mol. The first-order valence-electron chi connectivity index (χ1n) is 5.00. The molecule has 0 N–H and O–H groups in total. The largest absolute Gasteiger partial charge is 0.378 e. The molecule has 0 atom stereocenters. The number of rotatable bonds is 1. The number of benzene rings is 1. The molecular weight excluding hydrogens is 324 g/mol. The summed E-state index contributed by atoms with van der Waals surface area (Å²) in [4.78, 5) is 13.8. The third-order valence-electron chi connectivity index (χ3n) is 2.46. The number of amides is 1. The van der Waals surface area contributed by atoms with Crippen LogP contribution in [-0.4, -0.2) is 37.1 Å². The summed E-state index contributed by atoms with van der Waals surface area (Å²) in [7, 11) is 0. The van der Waals surface area contributed by atoms with E-state index in [0.717, 1.165) is 3.57 Å². The average Bonchev–Trinajstić information content (AvgIpc) is 2.32. The van der Waals surface area contributed by atoms with Crippen LogP contribution < -0.4 is 0 Å². The zero-order valence-corrected chi connectivity index (χ0v) is 10.7. The lowest BCUT2D eigenvalue weighted by molar-refractivity contribution is 0.0302. The van der Waals surface area contributed by atoms with Crippen molar-refractivity contribution in [3.63, 3.8) is 0 Å². The second kappa shape index (κ2) is 5.09. The fraction of sp³-hybridized carbons (Fsp3) is 0.364. The molecule has 0 radical (unpaired) electrons. The van der Waals surface area contributed by atoms with Crippen LogP contribution in [0.5, 0.6) is 0 Å². The molecule has 1 aliphatic rings. The van der Waals surface area contributed by atoms with Gasteiger partial charge in [-0.3, -0.25) is 4.79 Å². The number of halogens is 2. The molecule has 0 saturated carbocycles. The van der Waals surface area contributed by atoms with Gasteiger partial charge < -0.3 is 9.64 Å². The van der Waals surface area contributed by atoms with E-state index in [9.17, 15) is 9.18 Å². The van der Waals surface area contributed by atoms with Gasteiger partial charge in [-0.1, -0.05) is 0 Å². The van der Waals surface area contributed by atoms with Gasteiger partial charge >= 0.3 is 0 Å². The van der Waals surface area contributed by atoms with Gasteiger partial charge in [0.05, 0.1) is 18.8 Å². The molecule has 1 aromatic rings. The molecule has 0 bridgehead atoms. The van der Waals surface area contributed by atoms with Crippen molar-refractivity contribution in [2.24, 2.45) is 0 Å². The van der Waals surface area contributed by atoms with Crippen molar-refractivity contribution in [2.45, 2.75) is 0 Å². The van der Waals surface area contributed by atoms with E-state index in [4.69, 9.17) is 4.74 Å². The molecule has 1 aromatic carbocycles. The second-order valence-corrected chi connectivity index (χ2v) is 4.69. The fourth-order valence-electron chi connectivity index (χ4n) is 1.60. The first-order chi connectivity index (χ1) is 7.68. The van der Waals surface area contributed by atoms with E-state index >= 15 is 0 Å². The lowest BCUT2D eigenvalue weighted by Crippen LogP contribution is -2.41. The van der Waals surface area contributed by atoms with Crippen molar-refractivity contribution < 1.29 is 13.9 Å². The Kier molecular flexibility index (Phi) is 3.75. The zero-order valence-electron chi connectivity index (χ0n) is 8.58. The minimum atomic E-state index is -0.378. The number of hydrogen-bond donors (Lipinski definition) is 0. The minimum Gasteiger partial charge on any atom is -0.378 e. The molecule has 1 saturated heterocycles. The summed E-state index contributed by atoms with van der Waals surface area (Å²) < 4.78 is 19.0. The summed E-state index contributed by atoms with van der Waals surface area (Å²) in [6.45, 7) is 2.26. The Hall–Kier alpha value is -0.690. The molecule has 1 fully saturated rings. The Morgan fingerprint density at radius 2 is 2.06 bits per heavy atom. The van der Waals surface area contributed by atoms with E-state index in [2.05, 4.69) is 0 Å². The Labute approximate surface area is 107 Å². The molecule has 0 aliphatic carbocycles. The summed E-state index contributed by atoms with van der Waals surface area (Å²) in [5.74, 6) is -0.496. The lowest BCUT2D eigenvalue weighted by Gasteiger charge is -2.27. The maximum Gasteiger partial charge on any atom is 0.255 e. The van der Waals surface area contributed by atoms with E-state index < -0.39 is 0 Å². The van der Waals surface area contributed by atoms with Gasteiger partial charge in [0.25, 0.3) is 5.91 Å². The highest BCUT2D eigenvalue weighted by molar-refractivity contribution is 14.1. The van der Waals surface area contributed by atoms with Crippen molar-refractivity contribution in [1.29, 1.82) is 0 Å². The van der Waals surface area contributed by atoms with Crippen LogP contribution in [0.25, 0.3) is 0 Å². The number of carbonyl (C=O) groups is 1. The van der Waals surface area contributed by atoms with E-state index in [1.165, 1.54) is 12.1 Å². The predicted octanol–water partition coefficient (Wildman–Crippen LogP) is 1.90. The molecule has 16 heavy (non-hydrogen) atoms. The first-order valence-corrected chi connectivity index (χ1v) is 6.08. The molecule has 1 aliphatic heterocycles. The van der Waals surface area contributed by atoms with Gasteiger partial charge in [0.15, 0.2) is 0 Å². The Morgan fingerprint density at radius 3 is 2.75 bits per heavy atom. The van der Waals surface area contributed by atoms with Crippen LogP contribution in [0.2, 0.25) is 0 Å². The zero-order chi connectivity index (χ0) is 11.5. The van der Waals surface area contributed by atoms with Crippen molar-refractivity contribution in [1.82, 2.24) is 4.90 Å². The minimum absolute atomic E-state index is 0.118. The van der Waals surface area contributed by atoms with Crippen LogP contribution in [0.4, 0.5) is 4.39 Å². The molecule has 2 rings (SSSR count). The lowest BCUT2D eigenvalue weighted by atomic mass is 10.2. The van der Waals surface area contributed by atoms with Gasteiger partial charge in [-0.15, -0.1) is 0 Å². The molecule has 0 spiro atoms. The quantitative estimate of drug-likeness (QED) is 0.734. The first kappa shape index (κ1) is 11.8. The smallest absolute Gasteiger partial charge is 0.255 e. The van der Waals surface area contributed by atoms with Crippen LogP contribution in [0.1, 0.15) is 10.4 Å². The Morgan fingerprint density at radius 1 is 1.38 bits per heavy atom. The molecule has 0 aromatic heterocycles. The molecule has 0 unspecified atom stereocenters. The van der Waals surface area contributed by atoms with Crippen molar-refractivity contribution in [3.05, 3.63) is 33.1 Å². The predicted molar refractivity (Wildman–Crippen MR) is 65.8 cm³/mol. The SMILES string of the molecule is O=C(c1cc(F)ccc1I)N1CCOCC1. The van der Waals surface area contributed by atoms with Crippen molar-refractivity contribution >= 4 is 28.5 Å². The Bertz CT molecular complexity index is 405. The van der Waals surface area contributed by atoms with E-state index in [1.54, 1.807) is 11.0 Å². The van der Waals surface area contributed by atoms with Gasteiger partial charge in [0, 0.05) is 16.7 Å². The second-order valence-electron chi connectivity index (χ2n) is 3.53. The number of nitrogens with zero attached hydrogens (tertiary/aromatic N) is 1. The Balaban J connectivity index is 2.22. The van der Waals surface area contributed by atoms with Crippen LogP contribution in [0.3, 0.4) is 0 Å². The number of carbonyl (C=O) groups excluding carboxylic acids is 1. The van der Waals surface area contributed by atoms with Gasteiger partial charge in [-0.2, -0.15) is 0 Å². The molecule has 1 heterocycles. The number of morpholine rings is 1. The van der Waals surface area contributed by atoms with Gasteiger partial charge in [-0.05, 0) is 40.8 Å². The van der Waals surface area contributed by atoms with Gasteiger partial charge in [-0.25, -0.2) is 4.39 Å². The highest BCUT2D eigenvalue weighted by Crippen LogP contribution is 2.16. The third-order valence-corrected chi connectivity index (χ3v) is 3.40. The summed E-state index contributed by atoms with van der Waals surface area (Å²) >= 11 is 2.04. The van der Waals surface area contributed by atoms with E-state index in [0.29, 0.717) is 31.9 Å². The summed E-state index contributed by atoms with van der Waals surface area (Å²) in [5, 5.41) is 0. The van der Waals surface area contributed by atoms with Gasteiger partial charge in [0.1, 0.15) is 5.82 Å². The normalized spacial score (nSPS) is 16.2. The van der Waals surface area contributed by atoms with Crippen LogP contribution in [-0.2, 0) is 4.74 Å².